The van der Waals surface area contributed by atoms with E-state index in [1.54, 1.807) is 0 Å². The molecule has 116 valence electrons. The summed E-state index contributed by atoms with van der Waals surface area (Å²) in [6.07, 6.45) is 4.99. The molecular weight excluding hydrogens is 262 g/mol. The first-order valence-electron chi connectivity index (χ1n) is 7.91. The highest BCUT2D eigenvalue weighted by atomic mass is 16.1. The molecule has 21 heavy (non-hydrogen) atoms. The van der Waals surface area contributed by atoms with Crippen LogP contribution < -0.4 is 11.1 Å². The molecule has 0 radical (unpaired) electrons. The van der Waals surface area contributed by atoms with Crippen LogP contribution in [-0.2, 0) is 10.3 Å². The van der Waals surface area contributed by atoms with Crippen LogP contribution in [0.1, 0.15) is 38.2 Å². The Kier molecular flexibility index (Phi) is 5.37. The Hall–Kier alpha value is -1.39. The third-order valence-corrected chi connectivity index (χ3v) is 4.60. The van der Waals surface area contributed by atoms with Crippen molar-refractivity contribution < 1.29 is 4.79 Å². The molecule has 1 atom stereocenters. The molecule has 0 spiro atoms. The second kappa shape index (κ2) is 7.05. The van der Waals surface area contributed by atoms with Crippen LogP contribution in [0.15, 0.2) is 30.3 Å². The van der Waals surface area contributed by atoms with Crippen molar-refractivity contribution >= 4 is 5.91 Å². The first kappa shape index (κ1) is 16.0. The van der Waals surface area contributed by atoms with Gasteiger partial charge in [0, 0.05) is 12.6 Å². The van der Waals surface area contributed by atoms with Crippen LogP contribution >= 0.6 is 0 Å². The van der Waals surface area contributed by atoms with Gasteiger partial charge >= 0.3 is 0 Å². The molecule has 1 saturated carbocycles. The van der Waals surface area contributed by atoms with Crippen LogP contribution in [0.5, 0.6) is 0 Å². The number of nitrogens with one attached hydrogen (secondary N) is 1. The summed E-state index contributed by atoms with van der Waals surface area (Å²) in [6, 6.07) is 10.4. The lowest BCUT2D eigenvalue weighted by molar-refractivity contribution is -0.125. The van der Waals surface area contributed by atoms with Crippen molar-refractivity contribution in [3.63, 3.8) is 0 Å². The van der Waals surface area contributed by atoms with Crippen LogP contribution in [0.2, 0.25) is 0 Å². The molecule has 1 aromatic rings. The van der Waals surface area contributed by atoms with Gasteiger partial charge in [-0.05, 0) is 32.0 Å². The molecule has 0 aliphatic heterocycles. The van der Waals surface area contributed by atoms with Crippen molar-refractivity contribution in [2.75, 3.05) is 20.1 Å². The minimum atomic E-state index is -0.812. The highest BCUT2D eigenvalue weighted by Crippen LogP contribution is 2.27. The Balaban J connectivity index is 2.28. The van der Waals surface area contributed by atoms with Gasteiger partial charge in [-0.3, -0.25) is 10.1 Å². The maximum atomic E-state index is 12.3. The third-order valence-electron chi connectivity index (χ3n) is 4.60. The molecule has 0 saturated heterocycles. The van der Waals surface area contributed by atoms with Gasteiger partial charge in [-0.15, -0.1) is 0 Å². The molecule has 0 bridgehead atoms. The molecular formula is C17H27N3O. The van der Waals surface area contributed by atoms with Gasteiger partial charge in [0.15, 0.2) is 0 Å². The van der Waals surface area contributed by atoms with E-state index in [0.29, 0.717) is 19.1 Å². The summed E-state index contributed by atoms with van der Waals surface area (Å²) in [5.41, 5.74) is 5.94. The first-order chi connectivity index (χ1) is 10.1. The number of nitrogens with two attached hydrogens (primary N) is 1. The lowest BCUT2D eigenvalue weighted by atomic mass is 9.87. The first-order valence-corrected chi connectivity index (χ1v) is 7.91. The average Bonchev–Trinajstić information content (AvgIpc) is 3.01. The van der Waals surface area contributed by atoms with E-state index in [1.807, 2.05) is 37.3 Å². The standard InChI is InChI=1S/C17H27N3O/c1-3-19-17(16(18)21,14-9-5-4-6-10-14)13-20(2)15-11-7-8-12-15/h4-6,9-10,15,19H,3,7-8,11-13H2,1-2H3,(H2,18,21). The fraction of sp³-hybridized carbons (Fsp3) is 0.588. The van der Waals surface area contributed by atoms with E-state index in [9.17, 15) is 4.79 Å². The predicted octanol–water partition coefficient (Wildman–Crippen LogP) is 1.85. The van der Waals surface area contributed by atoms with Gasteiger partial charge in [0.25, 0.3) is 0 Å². The van der Waals surface area contributed by atoms with Crippen molar-refractivity contribution in [2.45, 2.75) is 44.2 Å². The van der Waals surface area contributed by atoms with E-state index >= 15 is 0 Å². The van der Waals surface area contributed by atoms with Gasteiger partial charge in [-0.25, -0.2) is 0 Å². The minimum absolute atomic E-state index is 0.305. The van der Waals surface area contributed by atoms with E-state index in [0.717, 1.165) is 5.56 Å². The quantitative estimate of drug-likeness (QED) is 0.805. The van der Waals surface area contributed by atoms with Crippen LogP contribution in [0.3, 0.4) is 0 Å². The van der Waals surface area contributed by atoms with Gasteiger partial charge in [-0.2, -0.15) is 0 Å². The Morgan fingerprint density at radius 1 is 1.33 bits per heavy atom. The molecule has 1 aliphatic rings. The summed E-state index contributed by atoms with van der Waals surface area (Å²) < 4.78 is 0. The number of carbonyl (C=O) groups excluding carboxylic acids is 1. The third kappa shape index (κ3) is 3.44. The molecule has 1 aromatic carbocycles. The van der Waals surface area contributed by atoms with E-state index < -0.39 is 5.54 Å². The van der Waals surface area contributed by atoms with Crippen molar-refractivity contribution in [3.8, 4) is 0 Å². The zero-order chi connectivity index (χ0) is 15.3. The SMILES string of the molecule is CCNC(CN(C)C1CCCC1)(C(N)=O)c1ccccc1. The molecule has 1 unspecified atom stereocenters. The Morgan fingerprint density at radius 2 is 1.95 bits per heavy atom. The Labute approximate surface area is 127 Å². The van der Waals surface area contributed by atoms with E-state index in [-0.39, 0.29) is 5.91 Å². The van der Waals surface area contributed by atoms with Crippen LogP contribution in [-0.4, -0.2) is 37.0 Å². The molecule has 4 nitrogen and oxygen atoms in total. The molecule has 4 heteroatoms. The molecule has 3 N–H and O–H groups in total. The molecule has 0 aromatic heterocycles. The maximum Gasteiger partial charge on any atom is 0.243 e. The number of nitrogens with zero attached hydrogens (tertiary/aromatic N) is 1. The average molecular weight is 289 g/mol. The predicted molar refractivity (Wildman–Crippen MR) is 85.9 cm³/mol. The topological polar surface area (TPSA) is 58.4 Å². The number of carbonyl (C=O) groups is 1. The maximum absolute atomic E-state index is 12.3. The summed E-state index contributed by atoms with van der Waals surface area (Å²) in [7, 11) is 2.11. The zero-order valence-corrected chi connectivity index (χ0v) is 13.1. The number of amides is 1. The minimum Gasteiger partial charge on any atom is -0.368 e. The van der Waals surface area contributed by atoms with Crippen LogP contribution in [0, 0.1) is 0 Å². The number of hydrogen-bond donors (Lipinski definition) is 2. The molecule has 1 aliphatic carbocycles. The van der Waals surface area contributed by atoms with Crippen molar-refractivity contribution in [2.24, 2.45) is 5.73 Å². The van der Waals surface area contributed by atoms with Gasteiger partial charge in [0.05, 0.1) is 0 Å². The Bertz CT molecular complexity index is 456. The fourth-order valence-electron chi connectivity index (χ4n) is 3.43. The highest BCUT2D eigenvalue weighted by Gasteiger charge is 2.40. The smallest absolute Gasteiger partial charge is 0.243 e. The summed E-state index contributed by atoms with van der Waals surface area (Å²) in [6.45, 7) is 3.33. The van der Waals surface area contributed by atoms with E-state index in [2.05, 4.69) is 17.3 Å². The van der Waals surface area contributed by atoms with Crippen LogP contribution in [0.25, 0.3) is 0 Å². The van der Waals surface area contributed by atoms with E-state index in [1.165, 1.54) is 25.7 Å². The zero-order valence-electron chi connectivity index (χ0n) is 13.1. The number of likely N-dealkylation sites (N-methyl/N-ethyl adjacent to an activating group) is 2. The Morgan fingerprint density at radius 3 is 2.48 bits per heavy atom. The summed E-state index contributed by atoms with van der Waals surface area (Å²) in [5, 5.41) is 3.35. The highest BCUT2D eigenvalue weighted by molar-refractivity contribution is 5.86. The molecule has 2 rings (SSSR count). The fourth-order valence-corrected chi connectivity index (χ4v) is 3.43. The van der Waals surface area contributed by atoms with Crippen molar-refractivity contribution in [1.82, 2.24) is 10.2 Å². The monoisotopic (exact) mass is 289 g/mol. The van der Waals surface area contributed by atoms with Crippen molar-refractivity contribution in [3.05, 3.63) is 35.9 Å². The largest absolute Gasteiger partial charge is 0.368 e. The summed E-state index contributed by atoms with van der Waals surface area (Å²) in [5.74, 6) is -0.305. The molecule has 1 fully saturated rings. The number of rotatable bonds is 7. The van der Waals surface area contributed by atoms with Crippen molar-refractivity contribution in [1.29, 1.82) is 0 Å². The number of primary amides is 1. The number of hydrogen-bond acceptors (Lipinski definition) is 3. The van der Waals surface area contributed by atoms with Crippen LogP contribution in [0.4, 0.5) is 0 Å². The second-order valence-electron chi connectivity index (χ2n) is 6.02. The lowest BCUT2D eigenvalue weighted by Crippen LogP contribution is -2.59. The lowest BCUT2D eigenvalue weighted by Gasteiger charge is -2.38. The molecule has 0 heterocycles. The number of benzene rings is 1. The van der Waals surface area contributed by atoms with Gasteiger partial charge in [-0.1, -0.05) is 50.1 Å². The molecule has 1 amide bonds. The van der Waals surface area contributed by atoms with Gasteiger partial charge in [0.2, 0.25) is 5.91 Å². The summed E-state index contributed by atoms with van der Waals surface area (Å²) >= 11 is 0. The second-order valence-corrected chi connectivity index (χ2v) is 6.02. The van der Waals surface area contributed by atoms with Gasteiger partial charge in [0.1, 0.15) is 5.54 Å². The van der Waals surface area contributed by atoms with E-state index in [4.69, 9.17) is 5.73 Å². The normalized spacial score (nSPS) is 18.8. The summed E-state index contributed by atoms with van der Waals surface area (Å²) in [4.78, 5) is 14.6. The van der Waals surface area contributed by atoms with Gasteiger partial charge < -0.3 is 10.6 Å².